The number of fused-ring (bicyclic) bond motifs is 1. The van der Waals surface area contributed by atoms with E-state index >= 15 is 0 Å². The lowest BCUT2D eigenvalue weighted by molar-refractivity contribution is -0.139. The van der Waals surface area contributed by atoms with Crippen molar-refractivity contribution in [2.45, 2.75) is 25.5 Å². The first-order valence-corrected chi connectivity index (χ1v) is 8.07. The van der Waals surface area contributed by atoms with Gasteiger partial charge in [0, 0.05) is 22.8 Å². The lowest BCUT2D eigenvalue weighted by atomic mass is 10.1. The summed E-state index contributed by atoms with van der Waals surface area (Å²) in [5, 5.41) is 12.2. The monoisotopic (exact) mass is 337 g/mol. The molecule has 0 aliphatic heterocycles. The molecule has 2 N–H and O–H groups in total. The minimum absolute atomic E-state index is 0.0200. The predicted molar refractivity (Wildman–Crippen MR) is 84.1 cm³/mol. The average Bonchev–Trinajstić information content (AvgIpc) is 3.27. The van der Waals surface area contributed by atoms with E-state index in [0.29, 0.717) is 20.5 Å². The van der Waals surface area contributed by atoms with Gasteiger partial charge in [0.15, 0.2) is 0 Å². The van der Waals surface area contributed by atoms with Gasteiger partial charge in [0.05, 0.1) is 11.5 Å². The number of aliphatic carboxylic acids is 1. The lowest BCUT2D eigenvalue weighted by Crippen LogP contribution is -2.42. The Kier molecular flexibility index (Phi) is 4.32. The van der Waals surface area contributed by atoms with Crippen LogP contribution in [0.3, 0.4) is 0 Å². The van der Waals surface area contributed by atoms with E-state index in [2.05, 4.69) is 5.32 Å². The third-order valence-electron chi connectivity index (χ3n) is 3.90. The third-order valence-corrected chi connectivity index (χ3v) is 5.10. The highest BCUT2D eigenvalue weighted by atomic mass is 32.1. The number of rotatable bonds is 6. The van der Waals surface area contributed by atoms with Gasteiger partial charge in [-0.1, -0.05) is 6.07 Å². The summed E-state index contributed by atoms with van der Waals surface area (Å²) in [6.45, 7) is 0.0881. The minimum atomic E-state index is -1.04. The maximum Gasteiger partial charge on any atom is 0.326 e. The van der Waals surface area contributed by atoms with Crippen LogP contribution in [0, 0.1) is 11.7 Å². The minimum Gasteiger partial charge on any atom is -0.480 e. The van der Waals surface area contributed by atoms with E-state index in [0.717, 1.165) is 24.2 Å². The van der Waals surface area contributed by atoms with Crippen LogP contribution in [0.25, 0.3) is 10.1 Å². The first-order chi connectivity index (χ1) is 11.0. The van der Waals surface area contributed by atoms with E-state index in [4.69, 9.17) is 4.74 Å². The summed E-state index contributed by atoms with van der Waals surface area (Å²) in [6, 6.07) is 3.75. The molecule has 23 heavy (non-hydrogen) atoms. The summed E-state index contributed by atoms with van der Waals surface area (Å²) in [5.74, 6) is -1.96. The van der Waals surface area contributed by atoms with Crippen molar-refractivity contribution >= 4 is 33.3 Å². The van der Waals surface area contributed by atoms with E-state index in [1.54, 1.807) is 12.1 Å². The number of benzene rings is 1. The highest BCUT2D eigenvalue weighted by Crippen LogP contribution is 2.35. The standard InChI is InChI=1S/C16H16FNO4S/c1-22-7-9-12-10(17)3-2-4-11(12)23-14(9)15(19)18-13(16(20)21)8-5-6-8/h2-4,8,13H,5-7H2,1H3,(H,18,19)(H,20,21). The Morgan fingerprint density at radius 3 is 2.83 bits per heavy atom. The Balaban J connectivity index is 1.97. The molecule has 1 atom stereocenters. The molecule has 3 rings (SSSR count). The largest absolute Gasteiger partial charge is 0.480 e. The van der Waals surface area contributed by atoms with E-state index in [1.165, 1.54) is 13.2 Å². The number of nitrogens with one attached hydrogen (secondary N) is 1. The second kappa shape index (κ2) is 6.25. The second-order valence-electron chi connectivity index (χ2n) is 5.58. The number of hydrogen-bond donors (Lipinski definition) is 2. The van der Waals surface area contributed by atoms with Gasteiger partial charge >= 0.3 is 5.97 Å². The number of methoxy groups -OCH3 is 1. The number of carbonyl (C=O) groups excluding carboxylic acids is 1. The molecule has 1 aliphatic carbocycles. The lowest BCUT2D eigenvalue weighted by Gasteiger charge is -2.13. The van der Waals surface area contributed by atoms with Crippen LogP contribution >= 0.6 is 11.3 Å². The van der Waals surface area contributed by atoms with Gasteiger partial charge < -0.3 is 15.2 Å². The molecule has 0 radical (unpaired) electrons. The molecule has 1 aromatic carbocycles. The summed E-state index contributed by atoms with van der Waals surface area (Å²) in [4.78, 5) is 24.1. The first kappa shape index (κ1) is 15.9. The van der Waals surface area contributed by atoms with E-state index in [9.17, 15) is 19.1 Å². The van der Waals surface area contributed by atoms with Crippen LogP contribution in [0.4, 0.5) is 4.39 Å². The predicted octanol–water partition coefficient (Wildman–Crippen LogP) is 2.78. The van der Waals surface area contributed by atoms with Gasteiger partial charge in [-0.25, -0.2) is 9.18 Å². The van der Waals surface area contributed by atoms with Crippen LogP contribution in [-0.2, 0) is 16.1 Å². The Morgan fingerprint density at radius 1 is 1.48 bits per heavy atom. The van der Waals surface area contributed by atoms with Gasteiger partial charge in [0.1, 0.15) is 11.9 Å². The highest BCUT2D eigenvalue weighted by molar-refractivity contribution is 7.21. The zero-order chi connectivity index (χ0) is 16.6. The normalized spacial score (nSPS) is 15.6. The van der Waals surface area contributed by atoms with Crippen molar-refractivity contribution in [2.24, 2.45) is 5.92 Å². The number of thiophene rings is 1. The fourth-order valence-corrected chi connectivity index (χ4v) is 3.78. The van der Waals surface area contributed by atoms with Gasteiger partial charge in [-0.05, 0) is 30.9 Å². The number of carboxylic acids is 1. The summed E-state index contributed by atoms with van der Waals surface area (Å²) in [6.07, 6.45) is 1.59. The summed E-state index contributed by atoms with van der Waals surface area (Å²) in [7, 11) is 1.47. The van der Waals surface area contributed by atoms with E-state index in [-0.39, 0.29) is 12.5 Å². The van der Waals surface area contributed by atoms with Crippen molar-refractivity contribution in [3.8, 4) is 0 Å². The Hall–Kier alpha value is -1.99. The van der Waals surface area contributed by atoms with Crippen molar-refractivity contribution < 1.29 is 23.8 Å². The van der Waals surface area contributed by atoms with Crippen LogP contribution in [0.1, 0.15) is 28.1 Å². The molecule has 1 amide bonds. The van der Waals surface area contributed by atoms with Gasteiger partial charge in [-0.3, -0.25) is 4.79 Å². The molecular weight excluding hydrogens is 321 g/mol. The van der Waals surface area contributed by atoms with Crippen LogP contribution in [0.15, 0.2) is 18.2 Å². The molecule has 0 saturated heterocycles. The number of amides is 1. The number of ether oxygens (including phenoxy) is 1. The molecule has 1 saturated carbocycles. The zero-order valence-electron chi connectivity index (χ0n) is 12.5. The number of hydrogen-bond acceptors (Lipinski definition) is 4. The molecule has 1 unspecified atom stereocenters. The molecule has 1 aliphatic rings. The fourth-order valence-electron chi connectivity index (χ4n) is 2.65. The van der Waals surface area contributed by atoms with Crippen LogP contribution in [-0.4, -0.2) is 30.1 Å². The van der Waals surface area contributed by atoms with Gasteiger partial charge in [0.25, 0.3) is 5.91 Å². The molecule has 0 bridgehead atoms. The average molecular weight is 337 g/mol. The smallest absolute Gasteiger partial charge is 0.326 e. The molecule has 1 aromatic heterocycles. The van der Waals surface area contributed by atoms with Gasteiger partial charge in [0.2, 0.25) is 0 Å². The number of carboxylic acid groups (broad SMARTS) is 1. The Bertz CT molecular complexity index is 769. The molecule has 122 valence electrons. The fraction of sp³-hybridized carbons (Fsp3) is 0.375. The summed E-state index contributed by atoms with van der Waals surface area (Å²) < 4.78 is 19.8. The van der Waals surface area contributed by atoms with Crippen LogP contribution < -0.4 is 5.32 Å². The van der Waals surface area contributed by atoms with E-state index in [1.807, 2.05) is 0 Å². The molecular formula is C16H16FNO4S. The molecule has 5 nitrogen and oxygen atoms in total. The SMILES string of the molecule is COCc1c(C(=O)NC(C(=O)O)C2CC2)sc2cccc(F)c12. The molecule has 0 spiro atoms. The van der Waals surface area contributed by atoms with Gasteiger partial charge in [-0.2, -0.15) is 0 Å². The van der Waals surface area contributed by atoms with Gasteiger partial charge in [-0.15, -0.1) is 11.3 Å². The summed E-state index contributed by atoms with van der Waals surface area (Å²) >= 11 is 1.15. The summed E-state index contributed by atoms with van der Waals surface area (Å²) in [5.41, 5.74) is 0.461. The molecule has 7 heteroatoms. The maximum absolute atomic E-state index is 14.1. The molecule has 1 heterocycles. The van der Waals surface area contributed by atoms with Crippen LogP contribution in [0.2, 0.25) is 0 Å². The van der Waals surface area contributed by atoms with Crippen molar-refractivity contribution in [1.82, 2.24) is 5.32 Å². The maximum atomic E-state index is 14.1. The molecule has 1 fully saturated rings. The third kappa shape index (κ3) is 3.07. The number of carbonyl (C=O) groups is 2. The number of halogens is 1. The van der Waals surface area contributed by atoms with Crippen molar-refractivity contribution in [3.63, 3.8) is 0 Å². The zero-order valence-corrected chi connectivity index (χ0v) is 13.3. The molecule has 2 aromatic rings. The Morgan fingerprint density at radius 2 is 2.22 bits per heavy atom. The quantitative estimate of drug-likeness (QED) is 0.850. The Labute approximate surface area is 136 Å². The topological polar surface area (TPSA) is 75.6 Å². The van der Waals surface area contributed by atoms with Crippen molar-refractivity contribution in [3.05, 3.63) is 34.5 Å². The van der Waals surface area contributed by atoms with Crippen molar-refractivity contribution in [2.75, 3.05) is 7.11 Å². The van der Waals surface area contributed by atoms with Crippen molar-refractivity contribution in [1.29, 1.82) is 0 Å². The van der Waals surface area contributed by atoms with E-state index < -0.39 is 23.7 Å². The van der Waals surface area contributed by atoms with Crippen LogP contribution in [0.5, 0.6) is 0 Å². The second-order valence-corrected chi connectivity index (χ2v) is 6.63. The first-order valence-electron chi connectivity index (χ1n) is 7.25. The highest BCUT2D eigenvalue weighted by Gasteiger charge is 2.38.